The fourth-order valence-corrected chi connectivity index (χ4v) is 4.09. The van der Waals surface area contributed by atoms with E-state index in [2.05, 4.69) is 17.7 Å². The number of nitrogens with one attached hydrogen (secondary N) is 4. The zero-order valence-electron chi connectivity index (χ0n) is 18.9. The van der Waals surface area contributed by atoms with E-state index in [0.29, 0.717) is 12.2 Å². The van der Waals surface area contributed by atoms with Gasteiger partial charge in [0.2, 0.25) is 0 Å². The molecule has 7 heteroatoms. The number of quaternary nitrogens is 2. The third-order valence-electron chi connectivity index (χ3n) is 6.06. The van der Waals surface area contributed by atoms with Crippen LogP contribution in [-0.4, -0.2) is 58.7 Å². The van der Waals surface area contributed by atoms with Gasteiger partial charge in [0.25, 0.3) is 0 Å². The van der Waals surface area contributed by atoms with Crippen LogP contribution in [0.25, 0.3) is 0 Å². The summed E-state index contributed by atoms with van der Waals surface area (Å²) in [5.41, 5.74) is 3.83. The average molecular weight is 427 g/mol. The highest BCUT2D eigenvalue weighted by molar-refractivity contribution is 6.39. The van der Waals surface area contributed by atoms with Gasteiger partial charge in [-0.05, 0) is 49.7 Å². The van der Waals surface area contributed by atoms with Gasteiger partial charge < -0.3 is 25.2 Å². The number of anilines is 1. The number of carbonyl (C=O) groups excluding carboxylic acids is 2. The van der Waals surface area contributed by atoms with Crippen molar-refractivity contribution < 1.29 is 24.1 Å². The molecule has 0 unspecified atom stereocenters. The summed E-state index contributed by atoms with van der Waals surface area (Å²) in [5, 5.41) is 5.58. The lowest BCUT2D eigenvalue weighted by molar-refractivity contribution is -1.02. The molecule has 166 valence electrons. The van der Waals surface area contributed by atoms with Gasteiger partial charge in [-0.15, -0.1) is 0 Å². The molecule has 1 atom stereocenters. The Morgan fingerprint density at radius 3 is 2.29 bits per heavy atom. The van der Waals surface area contributed by atoms with E-state index in [1.807, 2.05) is 56.3 Å². The maximum Gasteiger partial charge on any atom is 0.313 e. The fraction of sp³-hybridized carbons (Fsp3) is 0.417. The summed E-state index contributed by atoms with van der Waals surface area (Å²) in [4.78, 5) is 27.9. The second-order valence-electron chi connectivity index (χ2n) is 8.42. The maximum atomic E-state index is 12.5. The summed E-state index contributed by atoms with van der Waals surface area (Å²) < 4.78 is 5.28. The highest BCUT2D eigenvalue weighted by atomic mass is 16.5. The zero-order chi connectivity index (χ0) is 22.4. The number of rotatable bonds is 6. The van der Waals surface area contributed by atoms with Gasteiger partial charge in [-0.25, -0.2) is 0 Å². The third-order valence-corrected chi connectivity index (χ3v) is 6.06. The molecule has 1 heterocycles. The van der Waals surface area contributed by atoms with Gasteiger partial charge in [-0.2, -0.15) is 0 Å². The molecule has 7 nitrogen and oxygen atoms in total. The molecule has 2 aromatic carbocycles. The summed E-state index contributed by atoms with van der Waals surface area (Å²) in [6.07, 6.45) is 0. The van der Waals surface area contributed by atoms with E-state index in [-0.39, 0.29) is 6.04 Å². The molecule has 0 aromatic heterocycles. The first-order valence-corrected chi connectivity index (χ1v) is 10.8. The van der Waals surface area contributed by atoms with Gasteiger partial charge >= 0.3 is 11.8 Å². The Bertz CT molecular complexity index is 906. The summed E-state index contributed by atoms with van der Waals surface area (Å²) in [7, 11) is 3.86. The van der Waals surface area contributed by atoms with Crippen LogP contribution in [0.15, 0.2) is 42.5 Å². The van der Waals surface area contributed by atoms with Crippen LogP contribution in [0.3, 0.4) is 0 Å². The van der Waals surface area contributed by atoms with Crippen LogP contribution in [0.1, 0.15) is 22.7 Å². The van der Waals surface area contributed by atoms with Crippen molar-refractivity contribution in [2.45, 2.75) is 19.9 Å². The Morgan fingerprint density at radius 2 is 1.68 bits per heavy atom. The first-order valence-electron chi connectivity index (χ1n) is 10.8. The molecule has 0 radical (unpaired) electrons. The van der Waals surface area contributed by atoms with Crippen LogP contribution < -0.4 is 25.2 Å². The Labute approximate surface area is 184 Å². The predicted octanol–water partition coefficient (Wildman–Crippen LogP) is -0.479. The van der Waals surface area contributed by atoms with Crippen molar-refractivity contribution in [3.8, 4) is 5.75 Å². The van der Waals surface area contributed by atoms with Crippen molar-refractivity contribution in [2.24, 2.45) is 0 Å². The second kappa shape index (κ2) is 10.4. The number of benzene rings is 2. The molecule has 1 saturated heterocycles. The molecule has 1 aliphatic rings. The Hall–Kier alpha value is -2.90. The molecule has 1 fully saturated rings. The molecular formula is C24H34N4O3+2. The number of likely N-dealkylation sites (N-methyl/N-ethyl adjacent to an activating group) is 1. The van der Waals surface area contributed by atoms with Gasteiger partial charge in [-0.3, -0.25) is 9.59 Å². The molecular weight excluding hydrogens is 392 g/mol. The Balaban J connectivity index is 1.66. The molecule has 4 N–H and O–H groups in total. The summed E-state index contributed by atoms with van der Waals surface area (Å²) in [6, 6.07) is 13.8. The van der Waals surface area contributed by atoms with Crippen molar-refractivity contribution in [1.29, 1.82) is 0 Å². The number of ether oxygens (including phenoxy) is 1. The highest BCUT2D eigenvalue weighted by Gasteiger charge is 2.30. The van der Waals surface area contributed by atoms with E-state index in [4.69, 9.17) is 4.74 Å². The molecule has 0 spiro atoms. The lowest BCUT2D eigenvalue weighted by Crippen LogP contribution is -3.27. The first kappa shape index (κ1) is 22.8. The minimum absolute atomic E-state index is 0.0804. The monoisotopic (exact) mass is 426 g/mol. The lowest BCUT2D eigenvalue weighted by Gasteiger charge is -2.33. The molecule has 3 rings (SSSR count). The van der Waals surface area contributed by atoms with Crippen LogP contribution in [-0.2, 0) is 9.59 Å². The van der Waals surface area contributed by atoms with E-state index in [0.717, 1.165) is 48.6 Å². The lowest BCUT2D eigenvalue weighted by atomic mass is 10.0. The molecule has 0 bridgehead atoms. The van der Waals surface area contributed by atoms with E-state index in [9.17, 15) is 9.59 Å². The molecule has 2 amide bonds. The van der Waals surface area contributed by atoms with Crippen LogP contribution in [0, 0.1) is 13.8 Å². The van der Waals surface area contributed by atoms with Crippen molar-refractivity contribution in [1.82, 2.24) is 5.32 Å². The van der Waals surface area contributed by atoms with Crippen LogP contribution in [0.4, 0.5) is 5.69 Å². The summed E-state index contributed by atoms with van der Waals surface area (Å²) in [6.45, 7) is 8.53. The number of piperazine rings is 1. The number of methoxy groups -OCH3 is 1. The smallest absolute Gasteiger partial charge is 0.313 e. The maximum absolute atomic E-state index is 12.5. The summed E-state index contributed by atoms with van der Waals surface area (Å²) >= 11 is 0. The average Bonchev–Trinajstić information content (AvgIpc) is 2.77. The zero-order valence-corrected chi connectivity index (χ0v) is 18.9. The topological polar surface area (TPSA) is 76.3 Å². The quantitative estimate of drug-likeness (QED) is 0.472. The Morgan fingerprint density at radius 1 is 1.00 bits per heavy atom. The molecule has 1 aliphatic heterocycles. The number of aryl methyl sites for hydroxylation is 2. The molecule has 0 aliphatic carbocycles. The SMILES string of the molecule is COc1ccc([C@@H](CNC(=O)C(=O)Nc2ccc(C)cc2C)[NH+]2CC[NH+](C)CC2)cc1. The predicted molar refractivity (Wildman–Crippen MR) is 121 cm³/mol. The summed E-state index contributed by atoms with van der Waals surface area (Å²) in [5.74, 6) is -0.451. The van der Waals surface area contributed by atoms with Crippen molar-refractivity contribution in [2.75, 3.05) is 52.2 Å². The Kier molecular flexibility index (Phi) is 7.65. The van der Waals surface area contributed by atoms with Crippen LogP contribution >= 0.6 is 0 Å². The van der Waals surface area contributed by atoms with E-state index in [1.54, 1.807) is 7.11 Å². The van der Waals surface area contributed by atoms with Gasteiger partial charge in [0, 0.05) is 11.3 Å². The normalized spacial score (nSPS) is 19.4. The van der Waals surface area contributed by atoms with Gasteiger partial charge in [0.05, 0.1) is 20.7 Å². The number of hydrogen-bond acceptors (Lipinski definition) is 3. The van der Waals surface area contributed by atoms with E-state index >= 15 is 0 Å². The van der Waals surface area contributed by atoms with E-state index in [1.165, 1.54) is 9.80 Å². The second-order valence-corrected chi connectivity index (χ2v) is 8.42. The van der Waals surface area contributed by atoms with Gasteiger partial charge in [-0.1, -0.05) is 17.7 Å². The fourth-order valence-electron chi connectivity index (χ4n) is 4.09. The minimum Gasteiger partial charge on any atom is -0.497 e. The first-order chi connectivity index (χ1) is 14.9. The van der Waals surface area contributed by atoms with Gasteiger partial charge in [0.1, 0.15) is 38.0 Å². The van der Waals surface area contributed by atoms with Crippen molar-refractivity contribution >= 4 is 17.5 Å². The highest BCUT2D eigenvalue weighted by Crippen LogP contribution is 2.17. The largest absolute Gasteiger partial charge is 0.497 e. The number of hydrogen-bond donors (Lipinski definition) is 4. The minimum atomic E-state index is -0.641. The standard InChI is InChI=1S/C24H32N4O3/c1-17-5-10-21(18(2)15-17)26-24(30)23(29)25-16-22(28-13-11-27(3)12-14-28)19-6-8-20(31-4)9-7-19/h5-10,15,22H,11-14,16H2,1-4H3,(H,25,29)(H,26,30)/p+2/t22-/m1/s1. The van der Waals surface area contributed by atoms with Crippen molar-refractivity contribution in [3.63, 3.8) is 0 Å². The van der Waals surface area contributed by atoms with Gasteiger partial charge in [0.15, 0.2) is 0 Å². The molecule has 0 saturated carbocycles. The van der Waals surface area contributed by atoms with Crippen LogP contribution in [0.5, 0.6) is 5.75 Å². The van der Waals surface area contributed by atoms with E-state index < -0.39 is 11.8 Å². The molecule has 2 aromatic rings. The molecule has 31 heavy (non-hydrogen) atoms. The number of carbonyl (C=O) groups is 2. The number of amides is 2. The van der Waals surface area contributed by atoms with Crippen molar-refractivity contribution in [3.05, 3.63) is 59.2 Å². The third kappa shape index (κ3) is 6.06. The van der Waals surface area contributed by atoms with Crippen LogP contribution in [0.2, 0.25) is 0 Å².